The summed E-state index contributed by atoms with van der Waals surface area (Å²) in [4.78, 5) is 2.16. The van der Waals surface area contributed by atoms with E-state index in [4.69, 9.17) is 24.0 Å². The summed E-state index contributed by atoms with van der Waals surface area (Å²) in [5.41, 5.74) is 2.80. The first-order chi connectivity index (χ1) is 18.0. The van der Waals surface area contributed by atoms with Crippen LogP contribution in [0.1, 0.15) is 32.0 Å². The van der Waals surface area contributed by atoms with Gasteiger partial charge in [-0.25, -0.2) is 4.68 Å². The molecule has 8 heteroatoms. The molecular formula is C29H41N3O5. The number of aryl methyl sites for hydroxylation is 1. The van der Waals surface area contributed by atoms with Gasteiger partial charge >= 0.3 is 0 Å². The van der Waals surface area contributed by atoms with Gasteiger partial charge in [-0.05, 0) is 36.6 Å². The van der Waals surface area contributed by atoms with E-state index in [9.17, 15) is 5.11 Å². The normalized spacial score (nSPS) is 12.3. The van der Waals surface area contributed by atoms with Crippen LogP contribution in [0.4, 0.5) is 0 Å². The summed E-state index contributed by atoms with van der Waals surface area (Å²) in [6, 6.07) is 17.5. The average Bonchev–Trinajstić information content (AvgIpc) is 3.24. The number of para-hydroxylation sites is 3. The van der Waals surface area contributed by atoms with E-state index < -0.39 is 6.10 Å². The molecule has 202 valence electrons. The molecule has 1 atom stereocenters. The van der Waals surface area contributed by atoms with Crippen LogP contribution in [0, 0.1) is 5.92 Å². The Labute approximate surface area is 220 Å². The molecule has 0 saturated heterocycles. The molecule has 0 unspecified atom stereocenters. The lowest BCUT2D eigenvalue weighted by Crippen LogP contribution is -2.37. The fraction of sp³-hybridized carbons (Fsp3) is 0.483. The minimum absolute atomic E-state index is 0.288. The highest BCUT2D eigenvalue weighted by Gasteiger charge is 2.24. The van der Waals surface area contributed by atoms with Gasteiger partial charge in [-0.3, -0.25) is 4.90 Å². The lowest BCUT2D eigenvalue weighted by molar-refractivity contribution is 0.00323. The van der Waals surface area contributed by atoms with Gasteiger partial charge in [-0.2, -0.15) is 5.10 Å². The summed E-state index contributed by atoms with van der Waals surface area (Å²) in [6.45, 7) is 9.34. The number of methoxy groups -OCH3 is 2. The molecule has 1 N–H and O–H groups in total. The van der Waals surface area contributed by atoms with Crippen molar-refractivity contribution in [2.24, 2.45) is 5.92 Å². The number of hydrogen-bond acceptors (Lipinski definition) is 7. The predicted molar refractivity (Wildman–Crippen MR) is 145 cm³/mol. The van der Waals surface area contributed by atoms with Gasteiger partial charge in [-0.15, -0.1) is 0 Å². The number of aliphatic hydroxyl groups is 1. The number of aliphatic hydroxyl groups excluding tert-OH is 1. The minimum Gasteiger partial charge on any atom is -0.493 e. The Morgan fingerprint density at radius 2 is 1.68 bits per heavy atom. The Hall–Kier alpha value is -2.91. The topological polar surface area (TPSA) is 78.2 Å². The molecule has 0 spiro atoms. The van der Waals surface area contributed by atoms with Crippen LogP contribution >= 0.6 is 0 Å². The van der Waals surface area contributed by atoms with Crippen molar-refractivity contribution in [1.82, 2.24) is 14.7 Å². The zero-order valence-corrected chi connectivity index (χ0v) is 22.7. The summed E-state index contributed by atoms with van der Waals surface area (Å²) < 4.78 is 25.0. The molecule has 0 saturated carbocycles. The fourth-order valence-corrected chi connectivity index (χ4v) is 4.05. The van der Waals surface area contributed by atoms with Crippen molar-refractivity contribution in [1.29, 1.82) is 0 Å². The van der Waals surface area contributed by atoms with E-state index in [1.54, 1.807) is 14.2 Å². The molecule has 1 heterocycles. The predicted octanol–water partition coefficient (Wildman–Crippen LogP) is 4.72. The van der Waals surface area contributed by atoms with Crippen LogP contribution in [-0.2, 0) is 22.4 Å². The molecule has 0 bridgehead atoms. The molecule has 8 nitrogen and oxygen atoms in total. The zero-order valence-electron chi connectivity index (χ0n) is 22.7. The van der Waals surface area contributed by atoms with E-state index >= 15 is 0 Å². The summed E-state index contributed by atoms with van der Waals surface area (Å²) in [6.07, 6.45) is 0.110. The van der Waals surface area contributed by atoms with Crippen LogP contribution < -0.4 is 9.47 Å². The highest BCUT2D eigenvalue weighted by atomic mass is 16.5. The highest BCUT2D eigenvalue weighted by molar-refractivity contribution is 5.47. The Balaban J connectivity index is 1.96. The quantitative estimate of drug-likeness (QED) is 0.298. The van der Waals surface area contributed by atoms with Crippen LogP contribution in [0.15, 0.2) is 54.6 Å². The lowest BCUT2D eigenvalue weighted by Gasteiger charge is -2.25. The molecule has 0 amide bonds. The van der Waals surface area contributed by atoms with Crippen LogP contribution in [-0.4, -0.2) is 73.0 Å². The zero-order chi connectivity index (χ0) is 26.6. The first-order valence-electron chi connectivity index (χ1n) is 12.9. The van der Waals surface area contributed by atoms with Crippen molar-refractivity contribution in [2.75, 3.05) is 47.1 Å². The monoisotopic (exact) mass is 511 g/mol. The van der Waals surface area contributed by atoms with Crippen molar-refractivity contribution < 1.29 is 24.1 Å². The molecule has 37 heavy (non-hydrogen) atoms. The fourth-order valence-electron chi connectivity index (χ4n) is 4.05. The molecule has 0 aliphatic heterocycles. The third-order valence-electron chi connectivity index (χ3n) is 5.85. The van der Waals surface area contributed by atoms with E-state index in [0.29, 0.717) is 56.1 Å². The first kappa shape index (κ1) is 28.7. The maximum Gasteiger partial charge on any atom is 0.227 e. The van der Waals surface area contributed by atoms with E-state index in [-0.39, 0.29) is 6.61 Å². The molecule has 0 aliphatic rings. The maximum absolute atomic E-state index is 10.7. The Morgan fingerprint density at radius 3 is 2.32 bits per heavy atom. The van der Waals surface area contributed by atoms with E-state index in [1.807, 2.05) is 59.3 Å². The number of aromatic nitrogens is 2. The molecular weight excluding hydrogens is 470 g/mol. The van der Waals surface area contributed by atoms with Crippen molar-refractivity contribution in [2.45, 2.75) is 39.8 Å². The van der Waals surface area contributed by atoms with Gasteiger partial charge in [0.05, 0.1) is 43.4 Å². The van der Waals surface area contributed by atoms with Crippen molar-refractivity contribution in [3.8, 4) is 23.1 Å². The molecule has 3 aromatic rings. The van der Waals surface area contributed by atoms with Gasteiger partial charge in [0.15, 0.2) is 11.5 Å². The Morgan fingerprint density at radius 1 is 0.973 bits per heavy atom. The van der Waals surface area contributed by atoms with Crippen LogP contribution in [0.5, 0.6) is 17.4 Å². The summed E-state index contributed by atoms with van der Waals surface area (Å²) in [7, 11) is 3.31. The number of benzene rings is 2. The summed E-state index contributed by atoms with van der Waals surface area (Å²) >= 11 is 0. The van der Waals surface area contributed by atoms with Gasteiger partial charge < -0.3 is 24.1 Å². The van der Waals surface area contributed by atoms with Crippen molar-refractivity contribution >= 4 is 0 Å². The van der Waals surface area contributed by atoms with Crippen molar-refractivity contribution in [3.05, 3.63) is 65.9 Å². The molecule has 3 rings (SSSR count). The van der Waals surface area contributed by atoms with Gasteiger partial charge in [0.25, 0.3) is 0 Å². The summed E-state index contributed by atoms with van der Waals surface area (Å²) in [5, 5.41) is 15.7. The van der Waals surface area contributed by atoms with Gasteiger partial charge in [-0.1, -0.05) is 51.1 Å². The van der Waals surface area contributed by atoms with E-state index in [1.165, 1.54) is 0 Å². The number of hydrogen-bond donors (Lipinski definition) is 1. The van der Waals surface area contributed by atoms with Crippen molar-refractivity contribution in [3.63, 3.8) is 0 Å². The second-order valence-corrected chi connectivity index (χ2v) is 9.40. The molecule has 0 radical (unpaired) electrons. The lowest BCUT2D eigenvalue weighted by atomic mass is 10.1. The van der Waals surface area contributed by atoms with Crippen LogP contribution in [0.3, 0.4) is 0 Å². The number of nitrogens with zero attached hydrogens (tertiary/aromatic N) is 3. The smallest absolute Gasteiger partial charge is 0.227 e. The SMILES string of the molecule is CCc1nn(-c2ccccc2)c(Oc2ccccc2OC)c1CN(CCOC)C[C@@H](O)COCC(C)C. The molecule has 0 aliphatic carbocycles. The molecule has 1 aromatic heterocycles. The third kappa shape index (κ3) is 8.30. The summed E-state index contributed by atoms with van der Waals surface area (Å²) in [5.74, 6) is 2.29. The van der Waals surface area contributed by atoms with E-state index in [0.717, 1.165) is 23.4 Å². The maximum atomic E-state index is 10.7. The molecule has 2 aromatic carbocycles. The number of ether oxygens (including phenoxy) is 4. The van der Waals surface area contributed by atoms with Gasteiger partial charge in [0.2, 0.25) is 5.88 Å². The van der Waals surface area contributed by atoms with E-state index in [2.05, 4.69) is 25.7 Å². The van der Waals surface area contributed by atoms with Crippen LogP contribution in [0.2, 0.25) is 0 Å². The minimum atomic E-state index is -0.622. The highest BCUT2D eigenvalue weighted by Crippen LogP contribution is 2.36. The van der Waals surface area contributed by atoms with Crippen LogP contribution in [0.25, 0.3) is 5.69 Å². The number of rotatable bonds is 16. The third-order valence-corrected chi connectivity index (χ3v) is 5.85. The van der Waals surface area contributed by atoms with Gasteiger partial charge in [0, 0.05) is 33.4 Å². The average molecular weight is 512 g/mol. The Kier molecular flexibility index (Phi) is 11.4. The molecule has 0 fully saturated rings. The standard InChI is InChI=1S/C29H41N3O5/c1-6-26-25(19-31(16-17-34-4)18-24(33)21-36-20-22(2)3)29(32(30-26)23-12-8-7-9-13-23)37-28-15-11-10-14-27(28)35-5/h7-15,22,24,33H,6,16-21H2,1-5H3/t24-/m1/s1. The first-order valence-corrected chi connectivity index (χ1v) is 12.9. The second-order valence-electron chi connectivity index (χ2n) is 9.40. The van der Waals surface area contributed by atoms with Gasteiger partial charge in [0.1, 0.15) is 0 Å². The largest absolute Gasteiger partial charge is 0.493 e. The second kappa shape index (κ2) is 14.7. The Bertz CT molecular complexity index is 1070.